The van der Waals surface area contributed by atoms with Crippen LogP contribution in [0.15, 0.2) is 0 Å². The molecule has 1 unspecified atom stereocenters. The number of rotatable bonds is 0. The van der Waals surface area contributed by atoms with Gasteiger partial charge >= 0.3 is 0 Å². The lowest BCUT2D eigenvalue weighted by molar-refractivity contribution is 0.259. The van der Waals surface area contributed by atoms with Gasteiger partial charge in [-0.05, 0) is 31.7 Å². The van der Waals surface area contributed by atoms with Crippen LogP contribution in [-0.4, -0.2) is 31.1 Å². The zero-order valence-electron chi connectivity index (χ0n) is 7.29. The van der Waals surface area contributed by atoms with Gasteiger partial charge in [-0.25, -0.2) is 0 Å². The number of nitrogens with zero attached hydrogens (tertiary/aromatic N) is 1. The lowest BCUT2D eigenvalue weighted by Gasteiger charge is -2.29. The second-order valence-corrected chi connectivity index (χ2v) is 4.24. The molecule has 2 N–H and O–H groups in total. The molecule has 1 aliphatic carbocycles. The lowest BCUT2D eigenvalue weighted by atomic mass is 9.78. The van der Waals surface area contributed by atoms with Crippen LogP contribution in [-0.2, 0) is 0 Å². The first-order valence-electron chi connectivity index (χ1n) is 4.71. The molecular formula is C9H18N2. The van der Waals surface area contributed by atoms with E-state index in [1.54, 1.807) is 0 Å². The first-order valence-corrected chi connectivity index (χ1v) is 4.71. The Morgan fingerprint density at radius 2 is 2.09 bits per heavy atom. The Balaban J connectivity index is 2.03. The molecule has 0 aromatic carbocycles. The van der Waals surface area contributed by atoms with Gasteiger partial charge in [0.15, 0.2) is 0 Å². The minimum atomic E-state index is 0.499. The van der Waals surface area contributed by atoms with Crippen molar-refractivity contribution in [1.29, 1.82) is 0 Å². The average Bonchev–Trinajstić information content (AvgIpc) is 2.31. The molecule has 2 aliphatic rings. The van der Waals surface area contributed by atoms with Gasteiger partial charge in [0.1, 0.15) is 0 Å². The van der Waals surface area contributed by atoms with Crippen LogP contribution in [0, 0.1) is 11.8 Å². The third-order valence-corrected chi connectivity index (χ3v) is 3.34. The molecule has 3 atom stereocenters. The van der Waals surface area contributed by atoms with Crippen LogP contribution in [0.1, 0.15) is 19.3 Å². The summed E-state index contributed by atoms with van der Waals surface area (Å²) in [5, 5.41) is 0. The van der Waals surface area contributed by atoms with Gasteiger partial charge in [-0.2, -0.15) is 0 Å². The van der Waals surface area contributed by atoms with Crippen LogP contribution < -0.4 is 5.73 Å². The van der Waals surface area contributed by atoms with E-state index in [9.17, 15) is 0 Å². The molecule has 2 fully saturated rings. The van der Waals surface area contributed by atoms with E-state index in [-0.39, 0.29) is 0 Å². The fourth-order valence-electron chi connectivity index (χ4n) is 2.74. The third kappa shape index (κ3) is 1.30. The van der Waals surface area contributed by atoms with E-state index in [0.717, 1.165) is 11.8 Å². The number of hydrogen-bond acceptors (Lipinski definition) is 2. The monoisotopic (exact) mass is 154 g/mol. The van der Waals surface area contributed by atoms with Crippen molar-refractivity contribution in [2.45, 2.75) is 25.3 Å². The minimum absolute atomic E-state index is 0.499. The highest BCUT2D eigenvalue weighted by molar-refractivity contribution is 4.91. The molecule has 11 heavy (non-hydrogen) atoms. The van der Waals surface area contributed by atoms with Gasteiger partial charge in [0.2, 0.25) is 0 Å². The molecule has 0 radical (unpaired) electrons. The molecule has 64 valence electrons. The van der Waals surface area contributed by atoms with Gasteiger partial charge in [0.05, 0.1) is 0 Å². The highest BCUT2D eigenvalue weighted by atomic mass is 15.1. The van der Waals surface area contributed by atoms with Crippen molar-refractivity contribution in [3.8, 4) is 0 Å². The topological polar surface area (TPSA) is 29.3 Å². The minimum Gasteiger partial charge on any atom is -0.327 e. The van der Waals surface area contributed by atoms with Crippen molar-refractivity contribution < 1.29 is 0 Å². The van der Waals surface area contributed by atoms with E-state index in [4.69, 9.17) is 5.73 Å². The molecule has 2 nitrogen and oxygen atoms in total. The van der Waals surface area contributed by atoms with Gasteiger partial charge in [0, 0.05) is 19.1 Å². The Kier molecular flexibility index (Phi) is 1.90. The molecule has 1 aliphatic heterocycles. The summed E-state index contributed by atoms with van der Waals surface area (Å²) < 4.78 is 0. The molecule has 0 aromatic rings. The van der Waals surface area contributed by atoms with Crippen molar-refractivity contribution in [1.82, 2.24) is 4.90 Å². The highest BCUT2D eigenvalue weighted by Gasteiger charge is 2.36. The van der Waals surface area contributed by atoms with E-state index in [2.05, 4.69) is 11.9 Å². The maximum atomic E-state index is 6.06. The summed E-state index contributed by atoms with van der Waals surface area (Å²) in [6.07, 6.45) is 4.04. The molecule has 2 rings (SSSR count). The fraction of sp³-hybridized carbons (Fsp3) is 1.00. The second kappa shape index (κ2) is 2.76. The number of fused-ring (bicyclic) bond motifs is 1. The Hall–Kier alpha value is -0.0800. The maximum Gasteiger partial charge on any atom is 0.00825 e. The summed E-state index contributed by atoms with van der Waals surface area (Å²) >= 11 is 0. The van der Waals surface area contributed by atoms with Crippen molar-refractivity contribution in [3.63, 3.8) is 0 Å². The van der Waals surface area contributed by atoms with Crippen molar-refractivity contribution >= 4 is 0 Å². The second-order valence-electron chi connectivity index (χ2n) is 4.24. The summed E-state index contributed by atoms with van der Waals surface area (Å²) in [7, 11) is 2.21. The summed E-state index contributed by atoms with van der Waals surface area (Å²) in [4.78, 5) is 2.43. The Morgan fingerprint density at radius 3 is 2.82 bits per heavy atom. The molecule has 1 saturated heterocycles. The zero-order chi connectivity index (χ0) is 7.84. The van der Waals surface area contributed by atoms with E-state index in [1.807, 2.05) is 0 Å². The predicted octanol–water partition coefficient (Wildman–Crippen LogP) is 0.675. The van der Waals surface area contributed by atoms with Crippen molar-refractivity contribution in [2.75, 3.05) is 20.1 Å². The Bertz CT molecular complexity index is 146. The first kappa shape index (κ1) is 7.56. The van der Waals surface area contributed by atoms with Gasteiger partial charge in [-0.3, -0.25) is 0 Å². The normalized spacial score (nSPS) is 45.8. The first-order chi connectivity index (χ1) is 5.27. The van der Waals surface area contributed by atoms with Crippen molar-refractivity contribution in [2.24, 2.45) is 17.6 Å². The Morgan fingerprint density at radius 1 is 1.27 bits per heavy atom. The van der Waals surface area contributed by atoms with E-state index >= 15 is 0 Å². The van der Waals surface area contributed by atoms with Crippen molar-refractivity contribution in [3.05, 3.63) is 0 Å². The standard InChI is InChI=1S/C9H18N2/c1-11-5-7-3-2-4-9(10)8(7)6-11/h7-9H,2-6,10H2,1H3/t7-,8+,9?/m1/s1. The summed E-state index contributed by atoms with van der Waals surface area (Å²) in [5.41, 5.74) is 6.06. The van der Waals surface area contributed by atoms with Gasteiger partial charge in [-0.1, -0.05) is 6.42 Å². The maximum absolute atomic E-state index is 6.06. The molecule has 1 saturated carbocycles. The van der Waals surface area contributed by atoms with E-state index in [0.29, 0.717) is 6.04 Å². The van der Waals surface area contributed by atoms with Crippen LogP contribution in [0.3, 0.4) is 0 Å². The predicted molar refractivity (Wildman–Crippen MR) is 46.3 cm³/mol. The zero-order valence-corrected chi connectivity index (χ0v) is 7.29. The average molecular weight is 154 g/mol. The quantitative estimate of drug-likeness (QED) is 0.556. The van der Waals surface area contributed by atoms with Crippen LogP contribution >= 0.6 is 0 Å². The van der Waals surface area contributed by atoms with Crippen LogP contribution in [0.2, 0.25) is 0 Å². The highest BCUT2D eigenvalue weighted by Crippen LogP contribution is 2.34. The lowest BCUT2D eigenvalue weighted by Crippen LogP contribution is -2.38. The third-order valence-electron chi connectivity index (χ3n) is 3.34. The molecule has 0 aromatic heterocycles. The summed E-state index contributed by atoms with van der Waals surface area (Å²) in [6.45, 7) is 2.53. The van der Waals surface area contributed by atoms with Crippen LogP contribution in [0.4, 0.5) is 0 Å². The molecular weight excluding hydrogens is 136 g/mol. The number of likely N-dealkylation sites (tertiary alicyclic amines) is 1. The van der Waals surface area contributed by atoms with Gasteiger partial charge in [0.25, 0.3) is 0 Å². The molecule has 0 amide bonds. The number of hydrogen-bond donors (Lipinski definition) is 1. The van der Waals surface area contributed by atoms with Gasteiger partial charge in [-0.15, -0.1) is 0 Å². The molecule has 0 bridgehead atoms. The summed E-state index contributed by atoms with van der Waals surface area (Å²) in [5.74, 6) is 1.73. The van der Waals surface area contributed by atoms with Crippen LogP contribution in [0.25, 0.3) is 0 Å². The van der Waals surface area contributed by atoms with E-state index in [1.165, 1.54) is 32.4 Å². The molecule has 2 heteroatoms. The Labute approximate surface area is 68.7 Å². The van der Waals surface area contributed by atoms with Gasteiger partial charge < -0.3 is 10.6 Å². The largest absolute Gasteiger partial charge is 0.327 e. The smallest absolute Gasteiger partial charge is 0.00825 e. The number of nitrogens with two attached hydrogens (primary N) is 1. The molecule has 1 heterocycles. The van der Waals surface area contributed by atoms with Crippen LogP contribution in [0.5, 0.6) is 0 Å². The van der Waals surface area contributed by atoms with E-state index < -0.39 is 0 Å². The molecule has 0 spiro atoms. The summed E-state index contributed by atoms with van der Waals surface area (Å²) in [6, 6.07) is 0.499. The SMILES string of the molecule is CN1C[C@H]2CCCC(N)[C@H]2C1. The fourth-order valence-corrected chi connectivity index (χ4v) is 2.74.